The molecule has 0 aliphatic rings. The minimum atomic E-state index is -1.12. The Balaban J connectivity index is 2.75. The van der Waals surface area contributed by atoms with Crippen LogP contribution in [0.1, 0.15) is 0 Å². The van der Waals surface area contributed by atoms with Gasteiger partial charge in [-0.15, -0.1) is 0 Å². The molecule has 2 N–H and O–H groups in total. The lowest BCUT2D eigenvalue weighted by Crippen LogP contribution is -2.14. The van der Waals surface area contributed by atoms with Gasteiger partial charge in [-0.25, -0.2) is 9.37 Å². The second-order valence-electron chi connectivity index (χ2n) is 2.08. The van der Waals surface area contributed by atoms with E-state index < -0.39 is 18.3 Å². The van der Waals surface area contributed by atoms with Gasteiger partial charge in [-0.2, -0.15) is 4.98 Å². The molecule has 0 fully saturated rings. The summed E-state index contributed by atoms with van der Waals surface area (Å²) in [6.07, 6.45) is 0.861. The molecule has 0 bridgehead atoms. The van der Waals surface area contributed by atoms with Crippen molar-refractivity contribution in [2.45, 2.75) is 0 Å². The Labute approximate surface area is 77.6 Å². The maximum Gasteiger partial charge on any atom is 0.322 e. The average Bonchev–Trinajstić information content (AvgIpc) is 2.06. The smallest absolute Gasteiger partial charge is 0.322 e. The minimum Gasteiger partial charge on any atom is -0.480 e. The number of rotatable bonds is 3. The van der Waals surface area contributed by atoms with Gasteiger partial charge in [-0.1, -0.05) is 0 Å². The van der Waals surface area contributed by atoms with Crippen LogP contribution in [0.15, 0.2) is 6.20 Å². The molecule has 0 unspecified atom stereocenters. The molecule has 0 aliphatic carbocycles. The normalized spacial score (nSPS) is 9.69. The van der Waals surface area contributed by atoms with Crippen molar-refractivity contribution in [3.05, 3.63) is 17.3 Å². The van der Waals surface area contributed by atoms with Crippen LogP contribution in [-0.4, -0.2) is 27.6 Å². The molecule has 7 heteroatoms. The molecule has 0 saturated heterocycles. The topological polar surface area (TPSA) is 75.1 Å². The van der Waals surface area contributed by atoms with Crippen LogP contribution < -0.4 is 5.32 Å². The highest BCUT2D eigenvalue weighted by Gasteiger charge is 2.06. The number of nitrogens with one attached hydrogen (secondary N) is 1. The first-order chi connectivity index (χ1) is 6.09. The Morgan fingerprint density at radius 1 is 1.77 bits per heavy atom. The Bertz CT molecular complexity index is 334. The Kier molecular flexibility index (Phi) is 2.97. The third-order valence-electron chi connectivity index (χ3n) is 1.12. The van der Waals surface area contributed by atoms with Crippen molar-refractivity contribution in [1.82, 2.24) is 9.97 Å². The predicted molar refractivity (Wildman–Crippen MR) is 43.1 cm³/mol. The van der Waals surface area contributed by atoms with Crippen LogP contribution in [0, 0.1) is 5.82 Å². The van der Waals surface area contributed by atoms with Gasteiger partial charge < -0.3 is 10.4 Å². The number of halogens is 2. The molecule has 0 saturated carbocycles. The summed E-state index contributed by atoms with van der Waals surface area (Å²) in [5, 5.41) is 10.4. The van der Waals surface area contributed by atoms with Crippen molar-refractivity contribution >= 4 is 23.4 Å². The van der Waals surface area contributed by atoms with Gasteiger partial charge >= 0.3 is 5.97 Å². The zero-order chi connectivity index (χ0) is 9.84. The molecule has 1 aromatic rings. The van der Waals surface area contributed by atoms with Crippen molar-refractivity contribution in [2.75, 3.05) is 11.9 Å². The van der Waals surface area contributed by atoms with Crippen LogP contribution in [0.2, 0.25) is 5.28 Å². The summed E-state index contributed by atoms with van der Waals surface area (Å²) in [5.41, 5.74) is 0. The van der Waals surface area contributed by atoms with E-state index in [4.69, 9.17) is 16.7 Å². The van der Waals surface area contributed by atoms with Gasteiger partial charge in [0, 0.05) is 0 Å². The van der Waals surface area contributed by atoms with E-state index in [1.54, 1.807) is 0 Å². The monoisotopic (exact) mass is 205 g/mol. The largest absolute Gasteiger partial charge is 0.480 e. The molecule has 0 amide bonds. The van der Waals surface area contributed by atoms with E-state index in [0.29, 0.717) is 0 Å². The highest BCUT2D eigenvalue weighted by Crippen LogP contribution is 2.10. The first-order valence-electron chi connectivity index (χ1n) is 3.23. The fourth-order valence-corrected chi connectivity index (χ4v) is 0.762. The van der Waals surface area contributed by atoms with Crippen LogP contribution >= 0.6 is 11.6 Å². The number of hydrogen-bond acceptors (Lipinski definition) is 4. The summed E-state index contributed by atoms with van der Waals surface area (Å²) in [7, 11) is 0. The number of anilines is 1. The lowest BCUT2D eigenvalue weighted by molar-refractivity contribution is -0.134. The van der Waals surface area contributed by atoms with Crippen molar-refractivity contribution in [2.24, 2.45) is 0 Å². The summed E-state index contributed by atoms with van der Waals surface area (Å²) in [4.78, 5) is 16.9. The summed E-state index contributed by atoms with van der Waals surface area (Å²) in [6, 6.07) is 0. The molecule has 1 aromatic heterocycles. The minimum absolute atomic E-state index is 0.144. The fraction of sp³-hybridized carbons (Fsp3) is 0.167. The SMILES string of the molecule is O=C(O)CNc1nc(Cl)ncc1F. The number of nitrogens with zero attached hydrogens (tertiary/aromatic N) is 2. The summed E-state index contributed by atoms with van der Waals surface area (Å²) < 4.78 is 12.8. The number of carboxylic acid groups (broad SMARTS) is 1. The van der Waals surface area contributed by atoms with Gasteiger partial charge in [0.1, 0.15) is 6.54 Å². The standard InChI is InChI=1S/C6H5ClFN3O2/c7-6-10-1-3(8)5(11-6)9-2-4(12)13/h1H,2H2,(H,12,13)(H,9,10,11). The number of aliphatic carboxylic acids is 1. The van der Waals surface area contributed by atoms with Crippen molar-refractivity contribution in [1.29, 1.82) is 0 Å². The third-order valence-corrected chi connectivity index (χ3v) is 1.30. The molecule has 1 rings (SSSR count). The van der Waals surface area contributed by atoms with Gasteiger partial charge in [0.15, 0.2) is 11.6 Å². The lowest BCUT2D eigenvalue weighted by Gasteiger charge is -2.02. The number of hydrogen-bond donors (Lipinski definition) is 2. The Morgan fingerprint density at radius 2 is 2.46 bits per heavy atom. The lowest BCUT2D eigenvalue weighted by atomic mass is 10.5. The molecular weight excluding hydrogens is 201 g/mol. The second kappa shape index (κ2) is 3.99. The van der Waals surface area contributed by atoms with Gasteiger partial charge in [0.25, 0.3) is 0 Å². The van der Waals surface area contributed by atoms with Gasteiger partial charge in [-0.05, 0) is 11.6 Å². The van der Waals surface area contributed by atoms with Gasteiger partial charge in [-0.3, -0.25) is 4.79 Å². The van der Waals surface area contributed by atoms with E-state index in [2.05, 4.69) is 15.3 Å². The molecule has 0 radical (unpaired) electrons. The van der Waals surface area contributed by atoms with E-state index in [0.717, 1.165) is 6.20 Å². The maximum absolute atomic E-state index is 12.8. The third kappa shape index (κ3) is 2.83. The van der Waals surface area contributed by atoms with E-state index in [-0.39, 0.29) is 11.1 Å². The fourth-order valence-electron chi connectivity index (χ4n) is 0.629. The maximum atomic E-state index is 12.8. The van der Waals surface area contributed by atoms with Crippen LogP contribution in [0.25, 0.3) is 0 Å². The molecule has 70 valence electrons. The molecule has 13 heavy (non-hydrogen) atoms. The van der Waals surface area contributed by atoms with Crippen LogP contribution in [-0.2, 0) is 4.79 Å². The first kappa shape index (κ1) is 9.66. The number of aromatic nitrogens is 2. The van der Waals surface area contributed by atoms with Crippen LogP contribution in [0.5, 0.6) is 0 Å². The molecule has 5 nitrogen and oxygen atoms in total. The van der Waals surface area contributed by atoms with E-state index >= 15 is 0 Å². The van der Waals surface area contributed by atoms with Gasteiger partial charge in [0.2, 0.25) is 5.28 Å². The summed E-state index contributed by atoms with van der Waals surface area (Å²) in [5.74, 6) is -2.08. The molecule has 1 heterocycles. The van der Waals surface area contributed by atoms with Crippen LogP contribution in [0.3, 0.4) is 0 Å². The zero-order valence-corrected chi connectivity index (χ0v) is 7.05. The quantitative estimate of drug-likeness (QED) is 0.713. The highest BCUT2D eigenvalue weighted by molar-refractivity contribution is 6.28. The molecule has 0 aliphatic heterocycles. The van der Waals surface area contributed by atoms with E-state index in [1.807, 2.05) is 0 Å². The van der Waals surface area contributed by atoms with Crippen molar-refractivity contribution in [3.63, 3.8) is 0 Å². The van der Waals surface area contributed by atoms with Crippen molar-refractivity contribution in [3.8, 4) is 0 Å². The molecular formula is C6H5ClFN3O2. The summed E-state index contributed by atoms with van der Waals surface area (Å²) >= 11 is 5.36. The number of carboxylic acids is 1. The summed E-state index contributed by atoms with van der Waals surface area (Å²) in [6.45, 7) is -0.426. The Morgan fingerprint density at radius 3 is 3.08 bits per heavy atom. The number of carbonyl (C=O) groups is 1. The van der Waals surface area contributed by atoms with Gasteiger partial charge in [0.05, 0.1) is 6.20 Å². The molecule has 0 atom stereocenters. The average molecular weight is 206 g/mol. The van der Waals surface area contributed by atoms with Crippen molar-refractivity contribution < 1.29 is 14.3 Å². The van der Waals surface area contributed by atoms with E-state index in [1.165, 1.54) is 0 Å². The molecule has 0 aromatic carbocycles. The first-order valence-corrected chi connectivity index (χ1v) is 3.61. The second-order valence-corrected chi connectivity index (χ2v) is 2.42. The van der Waals surface area contributed by atoms with Crippen LogP contribution in [0.4, 0.5) is 10.2 Å². The highest BCUT2D eigenvalue weighted by atomic mass is 35.5. The van der Waals surface area contributed by atoms with E-state index in [9.17, 15) is 9.18 Å². The Hall–Kier alpha value is -1.43. The predicted octanol–water partition coefficient (Wildman–Crippen LogP) is 0.766. The molecule has 0 spiro atoms. The zero-order valence-electron chi connectivity index (χ0n) is 6.29.